The number of fused-ring (bicyclic) bond motifs is 1. The predicted octanol–water partition coefficient (Wildman–Crippen LogP) is 1.80. The molecule has 2 aromatic rings. The van der Waals surface area contributed by atoms with Gasteiger partial charge >= 0.3 is 0 Å². The Bertz CT molecular complexity index is 810. The fraction of sp³-hybridized carbons (Fsp3) is 0.562. The van der Waals surface area contributed by atoms with Crippen molar-refractivity contribution in [2.75, 3.05) is 32.7 Å². The Morgan fingerprint density at radius 3 is 2.70 bits per heavy atom. The van der Waals surface area contributed by atoms with Gasteiger partial charge < -0.3 is 4.98 Å². The van der Waals surface area contributed by atoms with Gasteiger partial charge in [0.1, 0.15) is 10.7 Å². The first-order valence-corrected chi connectivity index (χ1v) is 8.66. The van der Waals surface area contributed by atoms with Crippen molar-refractivity contribution in [2.45, 2.75) is 26.8 Å². The maximum absolute atomic E-state index is 12.4. The summed E-state index contributed by atoms with van der Waals surface area (Å²) in [7, 11) is 0. The van der Waals surface area contributed by atoms with Gasteiger partial charge in [0.15, 0.2) is 0 Å². The molecule has 2 aromatic heterocycles. The van der Waals surface area contributed by atoms with Crippen LogP contribution in [-0.2, 0) is 0 Å². The Labute approximate surface area is 139 Å². The smallest absolute Gasteiger partial charge is 0.259 e. The van der Waals surface area contributed by atoms with Crippen molar-refractivity contribution in [3.63, 3.8) is 0 Å². The molecular formula is C16H21N5OS. The molecule has 6 nitrogen and oxygen atoms in total. The zero-order chi connectivity index (χ0) is 16.6. The minimum atomic E-state index is -0.0400. The number of nitriles is 1. The van der Waals surface area contributed by atoms with E-state index in [1.54, 1.807) is 11.3 Å². The normalized spacial score (nSPS) is 18.2. The lowest BCUT2D eigenvalue weighted by Crippen LogP contribution is -2.47. The molecular weight excluding hydrogens is 310 g/mol. The van der Waals surface area contributed by atoms with Gasteiger partial charge in [-0.25, -0.2) is 4.98 Å². The first-order chi connectivity index (χ1) is 11.0. The summed E-state index contributed by atoms with van der Waals surface area (Å²) in [6.07, 6.45) is 0. The van der Waals surface area contributed by atoms with E-state index in [1.807, 2.05) is 13.8 Å². The summed E-state index contributed by atoms with van der Waals surface area (Å²) < 4.78 is 0. The largest absolute Gasteiger partial charge is 0.309 e. The molecule has 0 unspecified atom stereocenters. The van der Waals surface area contributed by atoms with E-state index in [0.29, 0.717) is 6.54 Å². The third-order valence-corrected chi connectivity index (χ3v) is 5.80. The van der Waals surface area contributed by atoms with E-state index >= 15 is 0 Å². The average molecular weight is 331 g/mol. The molecule has 0 aromatic carbocycles. The first-order valence-electron chi connectivity index (χ1n) is 7.84. The maximum atomic E-state index is 12.4. The monoisotopic (exact) mass is 331 g/mol. The summed E-state index contributed by atoms with van der Waals surface area (Å²) in [4.78, 5) is 26.5. The quantitative estimate of drug-likeness (QED) is 0.868. The molecule has 0 saturated carbocycles. The second kappa shape index (κ2) is 6.40. The molecule has 1 aliphatic rings. The molecule has 0 spiro atoms. The molecule has 23 heavy (non-hydrogen) atoms. The standard InChI is InChI=1S/C16H21N5OS/c1-10-12(3)23-16-13(10)15(22)18-14(19-16)11(2)21-8-6-20(5-4-17)7-9-21/h11H,5-9H2,1-3H3,(H,18,19,22)/t11-/m0/s1. The van der Waals surface area contributed by atoms with E-state index in [9.17, 15) is 4.79 Å². The Balaban J connectivity index is 1.83. The van der Waals surface area contributed by atoms with Crippen LogP contribution >= 0.6 is 11.3 Å². The van der Waals surface area contributed by atoms with Crippen molar-refractivity contribution < 1.29 is 0 Å². The van der Waals surface area contributed by atoms with Gasteiger partial charge in [-0.1, -0.05) is 0 Å². The summed E-state index contributed by atoms with van der Waals surface area (Å²) in [5, 5.41) is 9.50. The zero-order valence-corrected chi connectivity index (χ0v) is 14.5. The van der Waals surface area contributed by atoms with Crippen molar-refractivity contribution in [1.29, 1.82) is 5.26 Å². The summed E-state index contributed by atoms with van der Waals surface area (Å²) in [5.74, 6) is 0.734. The summed E-state index contributed by atoms with van der Waals surface area (Å²) in [6, 6.07) is 2.27. The number of piperazine rings is 1. The first kappa shape index (κ1) is 16.1. The highest BCUT2D eigenvalue weighted by atomic mass is 32.1. The minimum Gasteiger partial charge on any atom is -0.309 e. The number of thiophene rings is 1. The van der Waals surface area contributed by atoms with E-state index in [2.05, 4.69) is 27.8 Å². The number of hydrogen-bond acceptors (Lipinski definition) is 6. The van der Waals surface area contributed by atoms with Gasteiger partial charge in [-0.05, 0) is 26.3 Å². The Hall–Kier alpha value is -1.75. The van der Waals surface area contributed by atoms with Crippen molar-refractivity contribution >= 4 is 21.6 Å². The molecule has 1 atom stereocenters. The fourth-order valence-corrected chi connectivity index (χ4v) is 4.09. The van der Waals surface area contributed by atoms with Crippen molar-refractivity contribution in [1.82, 2.24) is 19.8 Å². The summed E-state index contributed by atoms with van der Waals surface area (Å²) in [5.41, 5.74) is 0.991. The van der Waals surface area contributed by atoms with E-state index < -0.39 is 0 Å². The molecule has 7 heteroatoms. The van der Waals surface area contributed by atoms with Gasteiger partial charge in [-0.15, -0.1) is 11.3 Å². The van der Waals surface area contributed by atoms with Crippen LogP contribution < -0.4 is 5.56 Å². The third kappa shape index (κ3) is 3.02. The Morgan fingerprint density at radius 1 is 1.35 bits per heavy atom. The van der Waals surface area contributed by atoms with Gasteiger partial charge in [0.2, 0.25) is 0 Å². The number of H-pyrrole nitrogens is 1. The Morgan fingerprint density at radius 2 is 2.04 bits per heavy atom. The fourth-order valence-electron chi connectivity index (χ4n) is 3.05. The van der Waals surface area contributed by atoms with Crippen LogP contribution in [0.3, 0.4) is 0 Å². The van der Waals surface area contributed by atoms with Crippen LogP contribution in [0.1, 0.15) is 29.2 Å². The van der Waals surface area contributed by atoms with E-state index in [1.165, 1.54) is 0 Å². The lowest BCUT2D eigenvalue weighted by Gasteiger charge is -2.36. The van der Waals surface area contributed by atoms with Crippen LogP contribution in [-0.4, -0.2) is 52.5 Å². The topological polar surface area (TPSA) is 76.0 Å². The highest BCUT2D eigenvalue weighted by molar-refractivity contribution is 7.18. The molecule has 3 heterocycles. The van der Waals surface area contributed by atoms with E-state index in [4.69, 9.17) is 10.2 Å². The number of rotatable bonds is 3. The number of aromatic amines is 1. The lowest BCUT2D eigenvalue weighted by molar-refractivity contribution is 0.107. The number of hydrogen-bond donors (Lipinski definition) is 1. The second-order valence-corrected chi connectivity index (χ2v) is 7.26. The summed E-state index contributed by atoms with van der Waals surface area (Å²) >= 11 is 1.58. The molecule has 1 fully saturated rings. The average Bonchev–Trinajstić information content (AvgIpc) is 2.82. The molecule has 1 N–H and O–H groups in total. The summed E-state index contributed by atoms with van der Waals surface area (Å²) in [6.45, 7) is 10.1. The second-order valence-electron chi connectivity index (χ2n) is 6.06. The highest BCUT2D eigenvalue weighted by Gasteiger charge is 2.24. The molecule has 0 aliphatic carbocycles. The van der Waals surface area contributed by atoms with E-state index in [-0.39, 0.29) is 11.6 Å². The van der Waals surface area contributed by atoms with Crippen molar-refractivity contribution in [3.8, 4) is 6.07 Å². The predicted molar refractivity (Wildman–Crippen MR) is 91.8 cm³/mol. The molecule has 1 saturated heterocycles. The van der Waals surface area contributed by atoms with Crippen LogP contribution in [0.5, 0.6) is 0 Å². The van der Waals surface area contributed by atoms with Crippen LogP contribution in [0.25, 0.3) is 10.2 Å². The maximum Gasteiger partial charge on any atom is 0.259 e. The van der Waals surface area contributed by atoms with Crippen LogP contribution in [0.2, 0.25) is 0 Å². The molecule has 0 bridgehead atoms. The number of aryl methyl sites for hydroxylation is 2. The number of aromatic nitrogens is 2. The van der Waals surface area contributed by atoms with Gasteiger partial charge in [0.25, 0.3) is 5.56 Å². The van der Waals surface area contributed by atoms with Gasteiger partial charge in [0.05, 0.1) is 24.0 Å². The third-order valence-electron chi connectivity index (χ3n) is 4.70. The van der Waals surface area contributed by atoms with Crippen LogP contribution in [0.15, 0.2) is 4.79 Å². The zero-order valence-electron chi connectivity index (χ0n) is 13.7. The Kier molecular flexibility index (Phi) is 4.48. The van der Waals surface area contributed by atoms with Crippen molar-refractivity contribution in [2.24, 2.45) is 0 Å². The van der Waals surface area contributed by atoms with Crippen molar-refractivity contribution in [3.05, 3.63) is 26.6 Å². The minimum absolute atomic E-state index is 0.0400. The highest BCUT2D eigenvalue weighted by Crippen LogP contribution is 2.27. The molecule has 122 valence electrons. The van der Waals surface area contributed by atoms with Crippen LogP contribution in [0.4, 0.5) is 0 Å². The number of nitrogens with zero attached hydrogens (tertiary/aromatic N) is 4. The van der Waals surface area contributed by atoms with Gasteiger partial charge in [-0.2, -0.15) is 5.26 Å². The van der Waals surface area contributed by atoms with Crippen LogP contribution in [0, 0.1) is 25.2 Å². The molecule has 0 amide bonds. The van der Waals surface area contributed by atoms with Gasteiger partial charge in [0, 0.05) is 31.1 Å². The lowest BCUT2D eigenvalue weighted by atomic mass is 10.2. The SMILES string of the molecule is Cc1sc2nc([C@H](C)N3CCN(CC#N)CC3)[nH]c(=O)c2c1C. The molecule has 1 aliphatic heterocycles. The van der Waals surface area contributed by atoms with E-state index in [0.717, 1.165) is 52.7 Å². The number of nitrogens with one attached hydrogen (secondary N) is 1. The molecule has 0 radical (unpaired) electrons. The van der Waals surface area contributed by atoms with Gasteiger partial charge in [-0.3, -0.25) is 14.6 Å². The molecule has 3 rings (SSSR count).